The van der Waals surface area contributed by atoms with Crippen molar-refractivity contribution in [2.24, 2.45) is 0 Å². The van der Waals surface area contributed by atoms with Crippen LogP contribution in [0, 0.1) is 0 Å². The topological polar surface area (TPSA) is 79.5 Å². The van der Waals surface area contributed by atoms with Crippen LogP contribution in [0.25, 0.3) is 0 Å². The lowest BCUT2D eigenvalue weighted by Gasteiger charge is -2.11. The van der Waals surface area contributed by atoms with Crippen LogP contribution in [-0.4, -0.2) is 29.6 Å². The van der Waals surface area contributed by atoms with Gasteiger partial charge < -0.3 is 15.4 Å². The Kier molecular flexibility index (Phi) is 7.31. The lowest BCUT2D eigenvalue weighted by atomic mass is 10.2. The van der Waals surface area contributed by atoms with Gasteiger partial charge in [-0.3, -0.25) is 14.9 Å². The van der Waals surface area contributed by atoms with Crippen LogP contribution in [0.1, 0.15) is 41.5 Å². The fraction of sp³-hybridized carbons (Fsp3) is 0.250. The largest absolute Gasteiger partial charge is 0.494 e. The summed E-state index contributed by atoms with van der Waals surface area (Å²) in [6, 6.07) is 13.7. The molecule has 6 nitrogen and oxygen atoms in total. The first-order chi connectivity index (χ1) is 12.9. The van der Waals surface area contributed by atoms with E-state index in [4.69, 9.17) is 17.0 Å². The van der Waals surface area contributed by atoms with Gasteiger partial charge in [0.1, 0.15) is 5.75 Å². The molecule has 0 saturated carbocycles. The fourth-order valence-electron chi connectivity index (χ4n) is 2.26. The number of nitrogens with one attached hydrogen (secondary N) is 3. The molecular formula is C20H23N3O3S. The van der Waals surface area contributed by atoms with E-state index >= 15 is 0 Å². The number of anilines is 1. The van der Waals surface area contributed by atoms with Crippen LogP contribution in [0.2, 0.25) is 0 Å². The van der Waals surface area contributed by atoms with Crippen LogP contribution in [0.15, 0.2) is 48.5 Å². The molecule has 0 bridgehead atoms. The van der Waals surface area contributed by atoms with E-state index in [0.717, 1.165) is 0 Å². The maximum Gasteiger partial charge on any atom is 0.257 e. The first-order valence-corrected chi connectivity index (χ1v) is 9.06. The van der Waals surface area contributed by atoms with Crippen LogP contribution in [0.3, 0.4) is 0 Å². The summed E-state index contributed by atoms with van der Waals surface area (Å²) in [5.74, 6) is 0.253. The average molecular weight is 385 g/mol. The molecule has 0 spiro atoms. The highest BCUT2D eigenvalue weighted by Crippen LogP contribution is 2.13. The highest BCUT2D eigenvalue weighted by Gasteiger charge is 2.10. The number of rotatable bonds is 6. The minimum absolute atomic E-state index is 0.0701. The molecule has 0 unspecified atom stereocenters. The maximum atomic E-state index is 12.2. The van der Waals surface area contributed by atoms with Gasteiger partial charge in [0.15, 0.2) is 5.11 Å². The number of carbonyl (C=O) groups is 2. The van der Waals surface area contributed by atoms with Crippen LogP contribution in [0.4, 0.5) is 5.69 Å². The zero-order valence-electron chi connectivity index (χ0n) is 15.5. The van der Waals surface area contributed by atoms with Gasteiger partial charge in [-0.15, -0.1) is 0 Å². The zero-order valence-corrected chi connectivity index (χ0v) is 16.4. The lowest BCUT2D eigenvalue weighted by molar-refractivity contribution is 0.0941. The molecular weight excluding hydrogens is 362 g/mol. The molecule has 2 rings (SSSR count). The molecule has 0 heterocycles. The van der Waals surface area contributed by atoms with E-state index in [9.17, 15) is 9.59 Å². The summed E-state index contributed by atoms with van der Waals surface area (Å²) in [5, 5.41) is 8.54. The first-order valence-electron chi connectivity index (χ1n) is 8.65. The van der Waals surface area contributed by atoms with Gasteiger partial charge in [-0.2, -0.15) is 0 Å². The minimum Gasteiger partial charge on any atom is -0.494 e. The normalized spacial score (nSPS) is 10.2. The molecule has 3 N–H and O–H groups in total. The van der Waals surface area contributed by atoms with Gasteiger partial charge in [0.05, 0.1) is 6.61 Å². The second-order valence-electron chi connectivity index (χ2n) is 6.07. The molecule has 0 saturated heterocycles. The number of thiocarbonyl (C=S) groups is 1. The standard InChI is InChI=1S/C20H23N3O3S/c1-4-26-17-11-7-15(8-12-17)19(25)23-20(27)22-16-9-5-14(6-10-16)18(24)21-13(2)3/h5-13H,4H2,1-3H3,(H,21,24)(H2,22,23,25,27). The van der Waals surface area contributed by atoms with Crippen LogP contribution in [0.5, 0.6) is 5.75 Å². The van der Waals surface area contributed by atoms with Gasteiger partial charge in [0.25, 0.3) is 11.8 Å². The molecule has 0 atom stereocenters. The maximum absolute atomic E-state index is 12.2. The number of carbonyl (C=O) groups excluding carboxylic acids is 2. The summed E-state index contributed by atoms with van der Waals surface area (Å²) in [6.45, 7) is 6.27. The number of ether oxygens (including phenoxy) is 1. The second-order valence-corrected chi connectivity index (χ2v) is 6.48. The molecule has 2 aromatic rings. The summed E-state index contributed by atoms with van der Waals surface area (Å²) in [7, 11) is 0. The second kappa shape index (κ2) is 9.68. The van der Waals surface area contributed by atoms with Crippen molar-refractivity contribution in [3.8, 4) is 5.75 Å². The van der Waals surface area contributed by atoms with E-state index in [1.54, 1.807) is 48.5 Å². The molecule has 0 aromatic heterocycles. The third kappa shape index (κ3) is 6.38. The monoisotopic (exact) mass is 385 g/mol. The Hall–Kier alpha value is -2.93. The minimum atomic E-state index is -0.316. The van der Waals surface area contributed by atoms with E-state index in [2.05, 4.69) is 16.0 Å². The lowest BCUT2D eigenvalue weighted by Crippen LogP contribution is -2.34. The van der Waals surface area contributed by atoms with Crippen molar-refractivity contribution in [2.75, 3.05) is 11.9 Å². The average Bonchev–Trinajstić information content (AvgIpc) is 2.62. The number of amides is 2. The summed E-state index contributed by atoms with van der Waals surface area (Å²) < 4.78 is 5.35. The van der Waals surface area contributed by atoms with Gasteiger partial charge >= 0.3 is 0 Å². The molecule has 0 aliphatic rings. The molecule has 7 heteroatoms. The van der Waals surface area contributed by atoms with E-state index in [-0.39, 0.29) is 23.0 Å². The third-order valence-electron chi connectivity index (χ3n) is 3.48. The molecule has 0 fully saturated rings. The predicted molar refractivity (Wildman–Crippen MR) is 110 cm³/mol. The van der Waals surface area contributed by atoms with Crippen molar-refractivity contribution < 1.29 is 14.3 Å². The van der Waals surface area contributed by atoms with Gasteiger partial charge in [-0.1, -0.05) is 0 Å². The Morgan fingerprint density at radius 1 is 0.963 bits per heavy atom. The van der Waals surface area contributed by atoms with Crippen LogP contribution < -0.4 is 20.7 Å². The predicted octanol–water partition coefficient (Wildman–Crippen LogP) is 3.35. The van der Waals surface area contributed by atoms with Crippen molar-refractivity contribution in [2.45, 2.75) is 26.8 Å². The van der Waals surface area contributed by atoms with Crippen molar-refractivity contribution in [1.29, 1.82) is 0 Å². The first kappa shape index (κ1) is 20.4. The summed E-state index contributed by atoms with van der Waals surface area (Å²) in [5.41, 5.74) is 1.70. The van der Waals surface area contributed by atoms with Crippen molar-refractivity contribution in [1.82, 2.24) is 10.6 Å². The van der Waals surface area contributed by atoms with Crippen molar-refractivity contribution in [3.05, 3.63) is 59.7 Å². The van der Waals surface area contributed by atoms with Crippen LogP contribution in [-0.2, 0) is 0 Å². The molecule has 142 valence electrons. The van der Waals surface area contributed by atoms with E-state index < -0.39 is 0 Å². The summed E-state index contributed by atoms with van der Waals surface area (Å²) in [6.07, 6.45) is 0. The SMILES string of the molecule is CCOc1ccc(C(=O)NC(=S)Nc2ccc(C(=O)NC(C)C)cc2)cc1. The smallest absolute Gasteiger partial charge is 0.257 e. The molecule has 0 aliphatic heterocycles. The molecule has 0 aliphatic carbocycles. The van der Waals surface area contributed by atoms with E-state index in [1.165, 1.54) is 0 Å². The van der Waals surface area contributed by atoms with E-state index in [0.29, 0.717) is 29.2 Å². The number of hydrogen-bond acceptors (Lipinski definition) is 4. The van der Waals surface area contributed by atoms with E-state index in [1.807, 2.05) is 20.8 Å². The highest BCUT2D eigenvalue weighted by atomic mass is 32.1. The molecule has 2 aromatic carbocycles. The van der Waals surface area contributed by atoms with Crippen LogP contribution >= 0.6 is 12.2 Å². The number of hydrogen-bond donors (Lipinski definition) is 3. The Morgan fingerprint density at radius 2 is 1.52 bits per heavy atom. The Labute approximate surface area is 164 Å². The molecule has 2 amide bonds. The Balaban J connectivity index is 1.91. The Bertz CT molecular complexity index is 802. The van der Waals surface area contributed by atoms with Gasteiger partial charge in [-0.25, -0.2) is 0 Å². The van der Waals surface area contributed by atoms with Crippen molar-refractivity contribution in [3.63, 3.8) is 0 Å². The molecule has 27 heavy (non-hydrogen) atoms. The van der Waals surface area contributed by atoms with Gasteiger partial charge in [0.2, 0.25) is 0 Å². The fourth-order valence-corrected chi connectivity index (χ4v) is 2.47. The summed E-state index contributed by atoms with van der Waals surface area (Å²) in [4.78, 5) is 24.2. The Morgan fingerprint density at radius 3 is 2.07 bits per heavy atom. The van der Waals surface area contributed by atoms with Gasteiger partial charge in [0, 0.05) is 22.9 Å². The quantitative estimate of drug-likeness (QED) is 0.665. The summed E-state index contributed by atoms with van der Waals surface area (Å²) >= 11 is 5.17. The highest BCUT2D eigenvalue weighted by molar-refractivity contribution is 7.80. The van der Waals surface area contributed by atoms with Gasteiger partial charge in [-0.05, 0) is 81.5 Å². The third-order valence-corrected chi connectivity index (χ3v) is 3.68. The number of benzene rings is 2. The van der Waals surface area contributed by atoms with Crippen molar-refractivity contribution >= 4 is 34.8 Å². The zero-order chi connectivity index (χ0) is 19.8. The molecule has 0 radical (unpaired) electrons.